The molecule has 0 unspecified atom stereocenters. The molecule has 7 heteroatoms. The van der Waals surface area contributed by atoms with Crippen molar-refractivity contribution in [2.45, 2.75) is 0 Å². The van der Waals surface area contributed by atoms with E-state index in [1.165, 1.54) is 24.6 Å². The number of ether oxygens (including phenoxy) is 1. The summed E-state index contributed by atoms with van der Waals surface area (Å²) in [5.41, 5.74) is 5.68. The summed E-state index contributed by atoms with van der Waals surface area (Å²) in [5.74, 6) is 0.373. The first-order chi connectivity index (χ1) is 8.71. The Bertz CT molecular complexity index is 528. The SMILES string of the molecule is COc1ncccc1C=O.Nc1ncc(C=O)s1. The Morgan fingerprint density at radius 1 is 1.33 bits per heavy atom. The second kappa shape index (κ2) is 7.13. The van der Waals surface area contributed by atoms with E-state index in [1.54, 1.807) is 18.3 Å². The molecule has 0 saturated carbocycles. The van der Waals surface area contributed by atoms with Crippen LogP contribution in [0.15, 0.2) is 24.5 Å². The monoisotopic (exact) mass is 265 g/mol. The summed E-state index contributed by atoms with van der Waals surface area (Å²) in [6, 6.07) is 3.34. The topological polar surface area (TPSA) is 95.2 Å². The van der Waals surface area contributed by atoms with Crippen molar-refractivity contribution in [1.82, 2.24) is 9.97 Å². The summed E-state index contributed by atoms with van der Waals surface area (Å²) in [7, 11) is 1.48. The van der Waals surface area contributed by atoms with E-state index in [1.807, 2.05) is 0 Å². The van der Waals surface area contributed by atoms with Gasteiger partial charge in [-0.2, -0.15) is 0 Å². The maximum Gasteiger partial charge on any atom is 0.223 e. The van der Waals surface area contributed by atoms with Gasteiger partial charge in [0.25, 0.3) is 0 Å². The van der Waals surface area contributed by atoms with Gasteiger partial charge in [-0.1, -0.05) is 11.3 Å². The smallest absolute Gasteiger partial charge is 0.223 e. The summed E-state index contributed by atoms with van der Waals surface area (Å²) >= 11 is 1.19. The number of rotatable bonds is 3. The summed E-state index contributed by atoms with van der Waals surface area (Å²) < 4.78 is 4.79. The van der Waals surface area contributed by atoms with Crippen molar-refractivity contribution in [3.63, 3.8) is 0 Å². The molecule has 0 saturated heterocycles. The van der Waals surface area contributed by atoms with Crippen LogP contribution in [0.1, 0.15) is 20.0 Å². The van der Waals surface area contributed by atoms with Gasteiger partial charge in [-0.05, 0) is 12.1 Å². The number of aldehydes is 2. The van der Waals surface area contributed by atoms with Gasteiger partial charge in [0, 0.05) is 6.20 Å². The number of carbonyl (C=O) groups is 2. The minimum absolute atomic E-state index is 0.373. The van der Waals surface area contributed by atoms with Crippen molar-refractivity contribution in [2.75, 3.05) is 12.8 Å². The van der Waals surface area contributed by atoms with E-state index < -0.39 is 0 Å². The number of thiazole rings is 1. The molecule has 0 aliphatic carbocycles. The lowest BCUT2D eigenvalue weighted by atomic mass is 10.3. The van der Waals surface area contributed by atoms with E-state index in [4.69, 9.17) is 10.5 Å². The lowest BCUT2D eigenvalue weighted by Gasteiger charge is -1.98. The minimum atomic E-state index is 0.373. The number of anilines is 1. The molecule has 0 aromatic carbocycles. The molecule has 2 aromatic rings. The van der Waals surface area contributed by atoms with Gasteiger partial charge in [0.05, 0.1) is 23.7 Å². The lowest BCUT2D eigenvalue weighted by Crippen LogP contribution is -1.91. The maximum atomic E-state index is 10.3. The predicted octanol–water partition coefficient (Wildman–Crippen LogP) is 1.44. The molecular weight excluding hydrogens is 254 g/mol. The highest BCUT2D eigenvalue weighted by Gasteiger charge is 1.98. The number of nitrogen functional groups attached to an aromatic ring is 1. The molecular formula is C11H11N3O3S. The van der Waals surface area contributed by atoms with Crippen molar-refractivity contribution >= 4 is 29.0 Å². The van der Waals surface area contributed by atoms with Crippen LogP contribution in [0, 0.1) is 0 Å². The first-order valence-electron chi connectivity index (χ1n) is 4.82. The van der Waals surface area contributed by atoms with Crippen LogP contribution in [0.2, 0.25) is 0 Å². The van der Waals surface area contributed by atoms with Crippen LogP contribution in [0.4, 0.5) is 5.13 Å². The zero-order valence-corrected chi connectivity index (χ0v) is 10.4. The molecule has 0 fully saturated rings. The molecule has 0 aliphatic heterocycles. The van der Waals surface area contributed by atoms with Crippen LogP contribution in [0.25, 0.3) is 0 Å². The molecule has 2 heterocycles. The second-order valence-corrected chi connectivity index (χ2v) is 4.03. The third-order valence-electron chi connectivity index (χ3n) is 1.78. The molecule has 0 amide bonds. The van der Waals surface area contributed by atoms with Crippen LogP contribution >= 0.6 is 11.3 Å². The van der Waals surface area contributed by atoms with Gasteiger partial charge in [-0.15, -0.1) is 0 Å². The number of pyridine rings is 1. The van der Waals surface area contributed by atoms with Crippen LogP contribution < -0.4 is 10.5 Å². The third-order valence-corrected chi connectivity index (χ3v) is 2.53. The fraction of sp³-hybridized carbons (Fsp3) is 0.0909. The fourth-order valence-electron chi connectivity index (χ4n) is 1.02. The van der Waals surface area contributed by atoms with E-state index >= 15 is 0 Å². The quantitative estimate of drug-likeness (QED) is 0.844. The lowest BCUT2D eigenvalue weighted by molar-refractivity contribution is 0.111. The third kappa shape index (κ3) is 3.95. The van der Waals surface area contributed by atoms with Gasteiger partial charge in [0.2, 0.25) is 5.88 Å². The van der Waals surface area contributed by atoms with E-state index in [-0.39, 0.29) is 0 Å². The molecule has 2 aromatic heterocycles. The van der Waals surface area contributed by atoms with Crippen LogP contribution in [0.3, 0.4) is 0 Å². The Labute approximate surface area is 107 Å². The normalized spacial score (nSPS) is 8.94. The Morgan fingerprint density at radius 3 is 2.50 bits per heavy atom. The van der Waals surface area contributed by atoms with E-state index in [0.29, 0.717) is 27.7 Å². The predicted molar refractivity (Wildman–Crippen MR) is 68.1 cm³/mol. The summed E-state index contributed by atoms with van der Waals surface area (Å²) in [5, 5.41) is 0.437. The molecule has 2 rings (SSSR count). The fourth-order valence-corrected chi connectivity index (χ4v) is 1.52. The minimum Gasteiger partial charge on any atom is -0.480 e. The van der Waals surface area contributed by atoms with Crippen LogP contribution in [-0.4, -0.2) is 29.7 Å². The molecule has 94 valence electrons. The highest BCUT2D eigenvalue weighted by atomic mass is 32.1. The van der Waals surface area contributed by atoms with Gasteiger partial charge >= 0.3 is 0 Å². The number of nitrogens with zero attached hydrogens (tertiary/aromatic N) is 2. The van der Waals surface area contributed by atoms with Crippen molar-refractivity contribution < 1.29 is 14.3 Å². The molecule has 2 N–H and O–H groups in total. The van der Waals surface area contributed by atoms with Crippen LogP contribution in [-0.2, 0) is 0 Å². The number of aromatic nitrogens is 2. The van der Waals surface area contributed by atoms with Gasteiger partial charge in [-0.3, -0.25) is 9.59 Å². The van der Waals surface area contributed by atoms with Crippen molar-refractivity contribution in [3.05, 3.63) is 35.0 Å². The Hall–Kier alpha value is -2.28. The summed E-state index contributed by atoms with van der Waals surface area (Å²) in [6.07, 6.45) is 4.47. The molecule has 0 radical (unpaired) electrons. The average molecular weight is 265 g/mol. The summed E-state index contributed by atoms with van der Waals surface area (Å²) in [6.45, 7) is 0. The standard InChI is InChI=1S/C7H7NO2.C4H4N2OS/c1-10-7-6(5-9)3-2-4-8-7;5-4-6-1-3(2-7)8-4/h2-5H,1H3;1-2H,(H2,5,6). The van der Waals surface area contributed by atoms with Crippen molar-refractivity contribution in [2.24, 2.45) is 0 Å². The number of nitrogens with two attached hydrogens (primary N) is 1. The zero-order valence-electron chi connectivity index (χ0n) is 9.57. The molecule has 0 bridgehead atoms. The van der Waals surface area contributed by atoms with Crippen molar-refractivity contribution in [1.29, 1.82) is 0 Å². The molecule has 0 atom stereocenters. The van der Waals surface area contributed by atoms with Crippen molar-refractivity contribution in [3.8, 4) is 5.88 Å². The summed E-state index contributed by atoms with van der Waals surface area (Å²) in [4.78, 5) is 28.2. The van der Waals surface area contributed by atoms with Crippen LogP contribution in [0.5, 0.6) is 5.88 Å². The Morgan fingerprint density at radius 2 is 2.11 bits per heavy atom. The first kappa shape index (κ1) is 13.8. The number of hydrogen-bond acceptors (Lipinski definition) is 7. The molecule has 0 spiro atoms. The molecule has 18 heavy (non-hydrogen) atoms. The average Bonchev–Trinajstić information content (AvgIpc) is 2.85. The Balaban J connectivity index is 0.000000184. The highest BCUT2D eigenvalue weighted by molar-refractivity contribution is 7.16. The maximum absolute atomic E-state index is 10.3. The molecule has 0 aliphatic rings. The number of hydrogen-bond donors (Lipinski definition) is 1. The van der Waals surface area contributed by atoms with E-state index in [2.05, 4.69) is 9.97 Å². The highest BCUT2D eigenvalue weighted by Crippen LogP contribution is 2.10. The van der Waals surface area contributed by atoms with Gasteiger partial charge < -0.3 is 10.5 Å². The first-order valence-corrected chi connectivity index (χ1v) is 5.63. The largest absolute Gasteiger partial charge is 0.480 e. The van der Waals surface area contributed by atoms with E-state index in [9.17, 15) is 9.59 Å². The number of methoxy groups -OCH3 is 1. The van der Waals surface area contributed by atoms with Gasteiger partial charge in [0.15, 0.2) is 17.7 Å². The second-order valence-electron chi connectivity index (χ2n) is 2.94. The molecule has 6 nitrogen and oxygen atoms in total. The van der Waals surface area contributed by atoms with Gasteiger partial charge in [-0.25, -0.2) is 9.97 Å². The van der Waals surface area contributed by atoms with E-state index in [0.717, 1.165) is 6.29 Å². The zero-order chi connectivity index (χ0) is 13.4. The Kier molecular flexibility index (Phi) is 5.46. The number of carbonyl (C=O) groups excluding carboxylic acids is 2. The van der Waals surface area contributed by atoms with Gasteiger partial charge in [0.1, 0.15) is 0 Å².